The van der Waals surface area contributed by atoms with Crippen molar-refractivity contribution in [3.8, 4) is 0 Å². The first-order chi connectivity index (χ1) is 12.8. The van der Waals surface area contributed by atoms with E-state index in [9.17, 15) is 18.0 Å². The summed E-state index contributed by atoms with van der Waals surface area (Å²) >= 11 is 1.65. The summed E-state index contributed by atoms with van der Waals surface area (Å²) in [5.41, 5.74) is 3.38. The number of halogens is 3. The number of carbonyl (C=O) groups is 1. The number of rotatable bonds is 3. The van der Waals surface area contributed by atoms with Gasteiger partial charge in [0.25, 0.3) is 0 Å². The molecule has 2 aromatic carbocycles. The Morgan fingerprint density at radius 1 is 0.963 bits per heavy atom. The first kappa shape index (κ1) is 19.6. The van der Waals surface area contributed by atoms with E-state index in [-0.39, 0.29) is 13.1 Å². The summed E-state index contributed by atoms with van der Waals surface area (Å²) in [5.74, 6) is -1.75. The Balaban J connectivity index is 1.74. The van der Waals surface area contributed by atoms with E-state index in [4.69, 9.17) is 0 Å². The molecule has 1 amide bonds. The van der Waals surface area contributed by atoms with Crippen LogP contribution in [0.25, 0.3) is 0 Å². The number of anilines is 1. The standard InChI is InChI=1S/C20H21F3N2OS/c1-14-7-8-17(15(2)13-14)27-18-6-4-3-5-16(18)24-9-11-25(12-10-24)19(26)20(21,22)23/h3-8,13H,9-12H2,1-2H3. The highest BCUT2D eigenvalue weighted by molar-refractivity contribution is 7.99. The second kappa shape index (κ2) is 7.84. The summed E-state index contributed by atoms with van der Waals surface area (Å²) in [6.45, 7) is 5.02. The average molecular weight is 394 g/mol. The number of alkyl halides is 3. The van der Waals surface area contributed by atoms with Crippen LogP contribution in [0.3, 0.4) is 0 Å². The molecule has 0 saturated carbocycles. The van der Waals surface area contributed by atoms with E-state index < -0.39 is 12.1 Å². The minimum absolute atomic E-state index is 0.0703. The van der Waals surface area contributed by atoms with Crippen LogP contribution in [0, 0.1) is 13.8 Å². The van der Waals surface area contributed by atoms with E-state index in [1.807, 2.05) is 29.2 Å². The Morgan fingerprint density at radius 3 is 2.26 bits per heavy atom. The molecule has 1 fully saturated rings. The van der Waals surface area contributed by atoms with E-state index in [1.165, 1.54) is 11.1 Å². The molecule has 144 valence electrons. The molecule has 0 aliphatic carbocycles. The maximum atomic E-state index is 12.6. The van der Waals surface area contributed by atoms with Crippen molar-refractivity contribution >= 4 is 23.4 Å². The zero-order chi connectivity index (χ0) is 19.6. The van der Waals surface area contributed by atoms with Crippen molar-refractivity contribution in [1.82, 2.24) is 4.90 Å². The van der Waals surface area contributed by atoms with Crippen LogP contribution in [-0.4, -0.2) is 43.2 Å². The molecule has 0 bridgehead atoms. The van der Waals surface area contributed by atoms with Gasteiger partial charge in [0.15, 0.2) is 0 Å². The zero-order valence-corrected chi connectivity index (χ0v) is 16.0. The highest BCUT2D eigenvalue weighted by Crippen LogP contribution is 2.37. The molecule has 1 saturated heterocycles. The number of aryl methyl sites for hydroxylation is 2. The predicted molar refractivity (Wildman–Crippen MR) is 101 cm³/mol. The Labute approximate surface area is 161 Å². The van der Waals surface area contributed by atoms with Crippen LogP contribution in [0.2, 0.25) is 0 Å². The number of benzene rings is 2. The van der Waals surface area contributed by atoms with Crippen LogP contribution in [0.15, 0.2) is 52.3 Å². The Kier molecular flexibility index (Phi) is 5.69. The fraction of sp³-hybridized carbons (Fsp3) is 0.350. The maximum absolute atomic E-state index is 12.6. The van der Waals surface area contributed by atoms with E-state index in [0.717, 1.165) is 20.4 Å². The first-order valence-electron chi connectivity index (χ1n) is 8.71. The molecule has 0 atom stereocenters. The topological polar surface area (TPSA) is 23.6 Å². The summed E-state index contributed by atoms with van der Waals surface area (Å²) in [7, 11) is 0. The lowest BCUT2D eigenvalue weighted by molar-refractivity contribution is -0.185. The molecule has 27 heavy (non-hydrogen) atoms. The SMILES string of the molecule is Cc1ccc(Sc2ccccc2N2CCN(C(=O)C(F)(F)F)CC2)c(C)c1. The van der Waals surface area contributed by atoms with Crippen molar-refractivity contribution in [1.29, 1.82) is 0 Å². The average Bonchev–Trinajstić information content (AvgIpc) is 2.63. The van der Waals surface area contributed by atoms with Gasteiger partial charge in [-0.15, -0.1) is 0 Å². The maximum Gasteiger partial charge on any atom is 0.471 e. The van der Waals surface area contributed by atoms with Crippen LogP contribution in [0.4, 0.5) is 18.9 Å². The third-order valence-corrected chi connectivity index (χ3v) is 5.81. The number of amides is 1. The second-order valence-electron chi connectivity index (χ2n) is 6.62. The van der Waals surface area contributed by atoms with Gasteiger partial charge in [-0.2, -0.15) is 13.2 Å². The van der Waals surface area contributed by atoms with Gasteiger partial charge < -0.3 is 9.80 Å². The number of piperazine rings is 1. The third-order valence-electron chi connectivity index (χ3n) is 4.57. The van der Waals surface area contributed by atoms with Crippen LogP contribution in [0.1, 0.15) is 11.1 Å². The first-order valence-corrected chi connectivity index (χ1v) is 9.52. The summed E-state index contributed by atoms with van der Waals surface area (Å²) in [4.78, 5) is 16.6. The summed E-state index contributed by atoms with van der Waals surface area (Å²) in [6.07, 6.45) is -4.81. The fourth-order valence-electron chi connectivity index (χ4n) is 3.17. The molecule has 0 N–H and O–H groups in total. The number of hydrogen-bond donors (Lipinski definition) is 0. The van der Waals surface area contributed by atoms with Gasteiger partial charge in [-0.3, -0.25) is 4.79 Å². The molecule has 1 heterocycles. The monoisotopic (exact) mass is 394 g/mol. The van der Waals surface area contributed by atoms with Crippen molar-refractivity contribution in [3.63, 3.8) is 0 Å². The molecule has 1 aliphatic heterocycles. The molecule has 0 spiro atoms. The van der Waals surface area contributed by atoms with Gasteiger partial charge in [-0.25, -0.2) is 0 Å². The van der Waals surface area contributed by atoms with Gasteiger partial charge in [-0.05, 0) is 37.6 Å². The van der Waals surface area contributed by atoms with Crippen LogP contribution in [0.5, 0.6) is 0 Å². The molecule has 0 radical (unpaired) electrons. The molecule has 2 aromatic rings. The third kappa shape index (κ3) is 4.58. The molecule has 1 aliphatic rings. The largest absolute Gasteiger partial charge is 0.471 e. The Hall–Kier alpha value is -2.15. The van der Waals surface area contributed by atoms with Gasteiger partial charge in [0.2, 0.25) is 0 Å². The van der Waals surface area contributed by atoms with Gasteiger partial charge in [0.1, 0.15) is 0 Å². The molecule has 0 unspecified atom stereocenters. The van der Waals surface area contributed by atoms with E-state index in [0.29, 0.717) is 13.1 Å². The number of carbonyl (C=O) groups excluding carboxylic acids is 1. The Bertz CT molecular complexity index is 830. The quantitative estimate of drug-likeness (QED) is 0.756. The molecule has 7 heteroatoms. The summed E-state index contributed by atoms with van der Waals surface area (Å²) < 4.78 is 37.9. The predicted octanol–water partition coefficient (Wildman–Crippen LogP) is 4.67. The normalized spacial score (nSPS) is 15.1. The van der Waals surface area contributed by atoms with Gasteiger partial charge in [-0.1, -0.05) is 41.6 Å². The molecule has 0 aromatic heterocycles. The number of nitrogens with zero attached hydrogens (tertiary/aromatic N) is 2. The minimum Gasteiger partial charge on any atom is -0.367 e. The highest BCUT2D eigenvalue weighted by atomic mass is 32.2. The molecule has 3 rings (SSSR count). The van der Waals surface area contributed by atoms with Crippen LogP contribution >= 0.6 is 11.8 Å². The van der Waals surface area contributed by atoms with Crippen LogP contribution < -0.4 is 4.90 Å². The van der Waals surface area contributed by atoms with Crippen molar-refractivity contribution in [2.24, 2.45) is 0 Å². The molecule has 3 nitrogen and oxygen atoms in total. The lowest BCUT2D eigenvalue weighted by atomic mass is 10.2. The van der Waals surface area contributed by atoms with Crippen LogP contribution in [-0.2, 0) is 4.79 Å². The van der Waals surface area contributed by atoms with Crippen molar-refractivity contribution in [2.75, 3.05) is 31.1 Å². The highest BCUT2D eigenvalue weighted by Gasteiger charge is 2.43. The zero-order valence-electron chi connectivity index (χ0n) is 15.2. The van der Waals surface area contributed by atoms with Crippen molar-refractivity contribution in [3.05, 3.63) is 53.6 Å². The lowest BCUT2D eigenvalue weighted by Crippen LogP contribution is -2.52. The van der Waals surface area contributed by atoms with E-state index in [1.54, 1.807) is 11.8 Å². The smallest absolute Gasteiger partial charge is 0.367 e. The molecular weight excluding hydrogens is 373 g/mol. The number of hydrogen-bond acceptors (Lipinski definition) is 3. The van der Waals surface area contributed by atoms with Crippen molar-refractivity contribution in [2.45, 2.75) is 29.8 Å². The lowest BCUT2D eigenvalue weighted by Gasteiger charge is -2.37. The fourth-order valence-corrected chi connectivity index (χ4v) is 4.21. The van der Waals surface area contributed by atoms with E-state index in [2.05, 4.69) is 32.0 Å². The van der Waals surface area contributed by atoms with Gasteiger partial charge >= 0.3 is 12.1 Å². The minimum atomic E-state index is -4.81. The molecular formula is C20H21F3N2OS. The van der Waals surface area contributed by atoms with Crippen molar-refractivity contribution < 1.29 is 18.0 Å². The van der Waals surface area contributed by atoms with Gasteiger partial charge in [0.05, 0.1) is 5.69 Å². The van der Waals surface area contributed by atoms with Gasteiger partial charge in [0, 0.05) is 36.0 Å². The number of para-hydroxylation sites is 1. The Morgan fingerprint density at radius 2 is 1.63 bits per heavy atom. The summed E-state index contributed by atoms with van der Waals surface area (Å²) in [6, 6.07) is 14.2. The summed E-state index contributed by atoms with van der Waals surface area (Å²) in [5, 5.41) is 0. The second-order valence-corrected chi connectivity index (χ2v) is 7.70. The van der Waals surface area contributed by atoms with E-state index >= 15 is 0 Å².